The van der Waals surface area contributed by atoms with Gasteiger partial charge in [-0.3, -0.25) is 4.79 Å². The van der Waals surface area contributed by atoms with Crippen molar-refractivity contribution in [3.05, 3.63) is 18.1 Å². The minimum Gasteiger partial charge on any atom is -0.479 e. The van der Waals surface area contributed by atoms with Crippen LogP contribution in [0.1, 0.15) is 49.5 Å². The average Bonchev–Trinajstić information content (AvgIpc) is 2.44. The Morgan fingerprint density at radius 1 is 1.32 bits per heavy atom. The van der Waals surface area contributed by atoms with Crippen LogP contribution in [-0.4, -0.2) is 29.4 Å². The Morgan fingerprint density at radius 3 is 2.68 bits per heavy atom. The van der Waals surface area contributed by atoms with E-state index in [2.05, 4.69) is 16.9 Å². The maximum Gasteiger partial charge on any atom is 0.243 e. The lowest BCUT2D eigenvalue weighted by Crippen LogP contribution is -2.12. The molecule has 0 bridgehead atoms. The molecular formula is C14H23N3O2. The van der Waals surface area contributed by atoms with Gasteiger partial charge in [0.25, 0.3) is 0 Å². The molecule has 0 aliphatic rings. The van der Waals surface area contributed by atoms with Crippen molar-refractivity contribution in [2.45, 2.75) is 39.0 Å². The molecule has 0 aromatic carbocycles. The number of carbonyl (C=O) groups is 1. The number of ketones is 1. The highest BCUT2D eigenvalue weighted by Gasteiger charge is 2.16. The van der Waals surface area contributed by atoms with Crippen LogP contribution in [0, 0.1) is 5.92 Å². The van der Waals surface area contributed by atoms with Gasteiger partial charge in [-0.25, -0.2) is 9.97 Å². The average molecular weight is 265 g/mol. The number of Topliss-reactive ketones (excluding diaryl/α,β-unsaturated/α-hetero) is 1. The zero-order valence-electron chi connectivity index (χ0n) is 11.8. The summed E-state index contributed by atoms with van der Waals surface area (Å²) in [6, 6.07) is 0. The number of hydrogen-bond donors (Lipinski definition) is 1. The van der Waals surface area contributed by atoms with E-state index in [1.807, 2.05) is 0 Å². The van der Waals surface area contributed by atoms with Gasteiger partial charge in [0, 0.05) is 18.8 Å². The van der Waals surface area contributed by atoms with Gasteiger partial charge in [0.05, 0.1) is 7.11 Å². The lowest BCUT2D eigenvalue weighted by atomic mass is 9.93. The van der Waals surface area contributed by atoms with Crippen molar-refractivity contribution in [3.63, 3.8) is 0 Å². The summed E-state index contributed by atoms with van der Waals surface area (Å²) in [6.45, 7) is 2.82. The number of methoxy groups -OCH3 is 1. The fourth-order valence-corrected chi connectivity index (χ4v) is 2.20. The highest BCUT2D eigenvalue weighted by Crippen LogP contribution is 2.20. The number of aromatic nitrogens is 2. The number of carbonyl (C=O) groups excluding carboxylic acids is 1. The van der Waals surface area contributed by atoms with Crippen LogP contribution in [0.5, 0.6) is 5.88 Å². The van der Waals surface area contributed by atoms with E-state index in [1.54, 1.807) is 0 Å². The van der Waals surface area contributed by atoms with Crippen molar-refractivity contribution >= 4 is 5.78 Å². The fraction of sp³-hybridized carbons (Fsp3) is 0.643. The van der Waals surface area contributed by atoms with Gasteiger partial charge in [-0.15, -0.1) is 0 Å². The van der Waals surface area contributed by atoms with E-state index >= 15 is 0 Å². The van der Waals surface area contributed by atoms with Crippen molar-refractivity contribution in [3.8, 4) is 5.88 Å². The predicted octanol–water partition coefficient (Wildman–Crippen LogP) is 2.21. The predicted molar refractivity (Wildman–Crippen MR) is 74.2 cm³/mol. The van der Waals surface area contributed by atoms with Gasteiger partial charge in [0.2, 0.25) is 5.88 Å². The third-order valence-electron chi connectivity index (χ3n) is 3.17. The Labute approximate surface area is 114 Å². The van der Waals surface area contributed by atoms with Gasteiger partial charge in [-0.1, -0.05) is 19.8 Å². The second-order valence-electron chi connectivity index (χ2n) is 4.61. The number of rotatable bonds is 9. The molecule has 0 saturated heterocycles. The summed E-state index contributed by atoms with van der Waals surface area (Å²) in [7, 11) is 1.50. The molecule has 0 spiro atoms. The molecule has 5 nitrogen and oxygen atoms in total. The first kappa shape index (κ1) is 15.6. The normalized spacial score (nSPS) is 12.2. The smallest absolute Gasteiger partial charge is 0.243 e. The zero-order valence-corrected chi connectivity index (χ0v) is 11.8. The molecule has 0 aliphatic carbocycles. The summed E-state index contributed by atoms with van der Waals surface area (Å²) in [5.41, 5.74) is 5.92. The van der Waals surface area contributed by atoms with Crippen molar-refractivity contribution in [1.82, 2.24) is 9.97 Å². The van der Waals surface area contributed by atoms with Crippen LogP contribution in [-0.2, 0) is 0 Å². The Kier molecular flexibility index (Phi) is 7.03. The minimum atomic E-state index is -0.0110. The van der Waals surface area contributed by atoms with Crippen LogP contribution in [0.15, 0.2) is 12.4 Å². The molecule has 0 saturated carbocycles. The monoisotopic (exact) mass is 265 g/mol. The quantitative estimate of drug-likeness (QED) is 0.693. The molecule has 5 heteroatoms. The highest BCUT2D eigenvalue weighted by molar-refractivity contribution is 5.96. The summed E-state index contributed by atoms with van der Waals surface area (Å²) in [5.74, 6) is 0.808. The molecule has 1 aromatic rings. The van der Waals surface area contributed by atoms with Crippen LogP contribution in [0.2, 0.25) is 0 Å². The van der Waals surface area contributed by atoms with Crippen molar-refractivity contribution in [2.24, 2.45) is 11.7 Å². The summed E-state index contributed by atoms with van der Waals surface area (Å²) in [4.78, 5) is 20.2. The second-order valence-corrected chi connectivity index (χ2v) is 4.61. The standard InChI is InChI=1S/C14H23N3O2/c1-3-4-11(7-8-15)5-6-12(18)13-14(19-2)17-10-9-16-13/h9-11H,3-8,15H2,1-2H3. The third-order valence-corrected chi connectivity index (χ3v) is 3.17. The number of ether oxygens (including phenoxy) is 1. The molecule has 0 radical (unpaired) electrons. The van der Waals surface area contributed by atoms with Crippen molar-refractivity contribution in [2.75, 3.05) is 13.7 Å². The molecule has 0 amide bonds. The molecule has 1 rings (SSSR count). The van der Waals surface area contributed by atoms with Crippen LogP contribution in [0.4, 0.5) is 0 Å². The van der Waals surface area contributed by atoms with Crippen LogP contribution >= 0.6 is 0 Å². The first-order valence-corrected chi connectivity index (χ1v) is 6.81. The van der Waals surface area contributed by atoms with E-state index in [-0.39, 0.29) is 5.78 Å². The Bertz CT molecular complexity index is 390. The summed E-state index contributed by atoms with van der Waals surface area (Å²) >= 11 is 0. The van der Waals surface area contributed by atoms with E-state index in [0.29, 0.717) is 30.5 Å². The molecule has 1 atom stereocenters. The SMILES string of the molecule is CCCC(CCN)CCC(=O)c1nccnc1OC. The maximum atomic E-state index is 12.1. The van der Waals surface area contributed by atoms with Gasteiger partial charge < -0.3 is 10.5 Å². The molecule has 0 aliphatic heterocycles. The van der Waals surface area contributed by atoms with Crippen molar-refractivity contribution < 1.29 is 9.53 Å². The molecule has 106 valence electrons. The number of nitrogens with two attached hydrogens (primary N) is 1. The maximum absolute atomic E-state index is 12.1. The largest absolute Gasteiger partial charge is 0.479 e. The molecule has 1 heterocycles. The van der Waals surface area contributed by atoms with Gasteiger partial charge in [0.15, 0.2) is 11.5 Å². The van der Waals surface area contributed by atoms with Gasteiger partial charge in [-0.05, 0) is 25.3 Å². The van der Waals surface area contributed by atoms with E-state index < -0.39 is 0 Å². The lowest BCUT2D eigenvalue weighted by Gasteiger charge is -2.14. The Morgan fingerprint density at radius 2 is 2.05 bits per heavy atom. The third kappa shape index (κ3) is 4.95. The molecule has 19 heavy (non-hydrogen) atoms. The highest BCUT2D eigenvalue weighted by atomic mass is 16.5. The molecule has 2 N–H and O–H groups in total. The topological polar surface area (TPSA) is 78.1 Å². The lowest BCUT2D eigenvalue weighted by molar-refractivity contribution is 0.0963. The van der Waals surface area contributed by atoms with Gasteiger partial charge in [-0.2, -0.15) is 0 Å². The van der Waals surface area contributed by atoms with E-state index in [1.165, 1.54) is 19.5 Å². The molecular weight excluding hydrogens is 242 g/mol. The van der Waals surface area contributed by atoms with E-state index in [4.69, 9.17) is 10.5 Å². The second kappa shape index (κ2) is 8.58. The van der Waals surface area contributed by atoms with E-state index in [0.717, 1.165) is 25.7 Å². The Balaban J connectivity index is 2.58. The molecule has 0 fully saturated rings. The zero-order chi connectivity index (χ0) is 14.1. The fourth-order valence-electron chi connectivity index (χ4n) is 2.20. The van der Waals surface area contributed by atoms with Crippen molar-refractivity contribution in [1.29, 1.82) is 0 Å². The molecule has 1 unspecified atom stereocenters. The van der Waals surface area contributed by atoms with Gasteiger partial charge >= 0.3 is 0 Å². The van der Waals surface area contributed by atoms with E-state index in [9.17, 15) is 4.79 Å². The number of nitrogens with zero attached hydrogens (tertiary/aromatic N) is 2. The summed E-state index contributed by atoms with van der Waals surface area (Å²) < 4.78 is 5.05. The first-order valence-electron chi connectivity index (χ1n) is 6.81. The number of hydrogen-bond acceptors (Lipinski definition) is 5. The first-order chi connectivity index (χ1) is 9.22. The summed E-state index contributed by atoms with van der Waals surface area (Å²) in [6.07, 6.45) is 7.56. The van der Waals surface area contributed by atoms with Crippen LogP contribution < -0.4 is 10.5 Å². The summed E-state index contributed by atoms with van der Waals surface area (Å²) in [5, 5.41) is 0. The molecule has 1 aromatic heterocycles. The van der Waals surface area contributed by atoms with Gasteiger partial charge in [0.1, 0.15) is 0 Å². The van der Waals surface area contributed by atoms with Crippen LogP contribution in [0.25, 0.3) is 0 Å². The Hall–Kier alpha value is -1.49. The van der Waals surface area contributed by atoms with Crippen LogP contribution in [0.3, 0.4) is 0 Å². The minimum absolute atomic E-state index is 0.0110.